The molecule has 1 heterocycles. The molecule has 0 aliphatic heterocycles. The molecular formula is C18H16N2O2. The van der Waals surface area contributed by atoms with Gasteiger partial charge in [-0.25, -0.2) is 9.97 Å². The first kappa shape index (κ1) is 14.1. The van der Waals surface area contributed by atoms with Crippen molar-refractivity contribution >= 4 is 0 Å². The maximum Gasteiger partial charge on any atom is 0.321 e. The first-order valence-corrected chi connectivity index (χ1v) is 6.95. The Morgan fingerprint density at radius 1 is 0.818 bits per heavy atom. The lowest BCUT2D eigenvalue weighted by atomic mass is 10.1. The van der Waals surface area contributed by atoms with E-state index in [0.717, 1.165) is 28.2 Å². The number of nitrogens with zero attached hydrogens (tertiary/aromatic N) is 2. The molecule has 0 saturated heterocycles. The molecule has 0 atom stereocenters. The van der Waals surface area contributed by atoms with Gasteiger partial charge in [0, 0.05) is 18.0 Å². The quantitative estimate of drug-likeness (QED) is 0.721. The third kappa shape index (κ3) is 3.23. The maximum atomic E-state index is 5.64. The summed E-state index contributed by atoms with van der Waals surface area (Å²) in [6.45, 7) is 2.01. The Labute approximate surface area is 129 Å². The molecule has 110 valence electrons. The van der Waals surface area contributed by atoms with E-state index >= 15 is 0 Å². The van der Waals surface area contributed by atoms with Crippen LogP contribution < -0.4 is 9.47 Å². The molecule has 0 radical (unpaired) electrons. The number of benzene rings is 2. The molecule has 4 nitrogen and oxygen atoms in total. The molecule has 0 saturated carbocycles. The fraction of sp³-hybridized carbons (Fsp3) is 0.111. The number of hydrogen-bond acceptors (Lipinski definition) is 4. The summed E-state index contributed by atoms with van der Waals surface area (Å²) in [6, 6.07) is 15.9. The highest BCUT2D eigenvalue weighted by molar-refractivity contribution is 5.62. The normalized spacial score (nSPS) is 10.3. The molecule has 2 aromatic carbocycles. The zero-order chi connectivity index (χ0) is 15.4. The van der Waals surface area contributed by atoms with Crippen molar-refractivity contribution in [1.82, 2.24) is 9.97 Å². The zero-order valence-electron chi connectivity index (χ0n) is 12.5. The van der Waals surface area contributed by atoms with Crippen molar-refractivity contribution in [2.75, 3.05) is 7.11 Å². The third-order valence-corrected chi connectivity index (χ3v) is 3.25. The van der Waals surface area contributed by atoms with Gasteiger partial charge in [-0.2, -0.15) is 0 Å². The molecule has 0 unspecified atom stereocenters. The van der Waals surface area contributed by atoms with Crippen molar-refractivity contribution in [3.8, 4) is 28.6 Å². The van der Waals surface area contributed by atoms with Crippen molar-refractivity contribution in [3.63, 3.8) is 0 Å². The lowest BCUT2D eigenvalue weighted by molar-refractivity contribution is 0.415. The number of hydrogen-bond donors (Lipinski definition) is 0. The van der Waals surface area contributed by atoms with Gasteiger partial charge in [0.15, 0.2) is 0 Å². The molecular weight excluding hydrogens is 276 g/mol. The molecule has 1 aromatic heterocycles. The van der Waals surface area contributed by atoms with Crippen molar-refractivity contribution in [1.29, 1.82) is 0 Å². The molecule has 0 N–H and O–H groups in total. The van der Waals surface area contributed by atoms with E-state index < -0.39 is 0 Å². The summed E-state index contributed by atoms with van der Waals surface area (Å²) in [5, 5.41) is 0. The minimum atomic E-state index is 0.336. The summed E-state index contributed by atoms with van der Waals surface area (Å²) in [7, 11) is 1.65. The summed E-state index contributed by atoms with van der Waals surface area (Å²) in [6.07, 6.45) is 3.50. The van der Waals surface area contributed by atoms with Crippen LogP contribution in [0.4, 0.5) is 0 Å². The van der Waals surface area contributed by atoms with Gasteiger partial charge in [-0.3, -0.25) is 0 Å². The van der Waals surface area contributed by atoms with E-state index in [1.54, 1.807) is 19.5 Å². The number of aromatic nitrogens is 2. The minimum absolute atomic E-state index is 0.336. The average Bonchev–Trinajstić information content (AvgIpc) is 2.56. The molecule has 0 aliphatic rings. The molecule has 0 bridgehead atoms. The number of ether oxygens (including phenoxy) is 2. The maximum absolute atomic E-state index is 5.64. The minimum Gasteiger partial charge on any atom is -0.497 e. The van der Waals surface area contributed by atoms with E-state index in [9.17, 15) is 0 Å². The van der Waals surface area contributed by atoms with E-state index in [-0.39, 0.29) is 0 Å². The van der Waals surface area contributed by atoms with Gasteiger partial charge >= 0.3 is 6.01 Å². The van der Waals surface area contributed by atoms with Gasteiger partial charge in [0.2, 0.25) is 0 Å². The van der Waals surface area contributed by atoms with Crippen LogP contribution in [-0.2, 0) is 0 Å². The van der Waals surface area contributed by atoms with Gasteiger partial charge in [0.05, 0.1) is 7.11 Å². The number of methoxy groups -OCH3 is 1. The Morgan fingerprint density at radius 3 is 2.18 bits per heavy atom. The molecule has 4 heteroatoms. The topological polar surface area (TPSA) is 44.2 Å². The van der Waals surface area contributed by atoms with Crippen LogP contribution in [0.2, 0.25) is 0 Å². The smallest absolute Gasteiger partial charge is 0.321 e. The van der Waals surface area contributed by atoms with Crippen molar-refractivity contribution in [2.24, 2.45) is 0 Å². The Morgan fingerprint density at radius 2 is 1.55 bits per heavy atom. The largest absolute Gasteiger partial charge is 0.497 e. The van der Waals surface area contributed by atoms with Gasteiger partial charge in [-0.1, -0.05) is 24.3 Å². The van der Waals surface area contributed by atoms with Crippen molar-refractivity contribution in [2.45, 2.75) is 6.92 Å². The fourth-order valence-electron chi connectivity index (χ4n) is 2.09. The van der Waals surface area contributed by atoms with E-state index in [1.807, 2.05) is 55.5 Å². The molecule has 22 heavy (non-hydrogen) atoms. The summed E-state index contributed by atoms with van der Waals surface area (Å²) in [5.41, 5.74) is 3.09. The second-order valence-corrected chi connectivity index (χ2v) is 4.90. The highest BCUT2D eigenvalue weighted by Gasteiger charge is 2.03. The number of rotatable bonds is 4. The fourth-order valence-corrected chi connectivity index (χ4v) is 2.09. The first-order valence-electron chi connectivity index (χ1n) is 6.95. The summed E-state index contributed by atoms with van der Waals surface area (Å²) in [4.78, 5) is 8.52. The number of aryl methyl sites for hydroxylation is 1. The van der Waals surface area contributed by atoms with Crippen LogP contribution >= 0.6 is 0 Å². The van der Waals surface area contributed by atoms with Crippen LogP contribution in [0.1, 0.15) is 5.56 Å². The first-order chi connectivity index (χ1) is 10.7. The lowest BCUT2D eigenvalue weighted by Gasteiger charge is -2.06. The molecule has 0 aliphatic carbocycles. The molecule has 0 amide bonds. The average molecular weight is 292 g/mol. The summed E-state index contributed by atoms with van der Waals surface area (Å²) in [5.74, 6) is 1.56. The Hall–Kier alpha value is -2.88. The SMILES string of the molecule is COc1ccc(-c2cnc(Oc3cccc(C)c3)nc2)cc1. The van der Waals surface area contributed by atoms with Crippen LogP contribution in [-0.4, -0.2) is 17.1 Å². The van der Waals surface area contributed by atoms with E-state index in [2.05, 4.69) is 9.97 Å². The third-order valence-electron chi connectivity index (χ3n) is 3.25. The predicted molar refractivity (Wildman–Crippen MR) is 85.3 cm³/mol. The van der Waals surface area contributed by atoms with E-state index in [0.29, 0.717) is 6.01 Å². The van der Waals surface area contributed by atoms with Crippen LogP contribution in [0, 0.1) is 6.92 Å². The highest BCUT2D eigenvalue weighted by Crippen LogP contribution is 2.23. The standard InChI is InChI=1S/C18H16N2O2/c1-13-4-3-5-17(10-13)22-18-19-11-15(12-20-18)14-6-8-16(21-2)9-7-14/h3-12H,1-2H3. The second kappa shape index (κ2) is 6.26. The summed E-state index contributed by atoms with van der Waals surface area (Å²) < 4.78 is 10.8. The highest BCUT2D eigenvalue weighted by atomic mass is 16.5. The Bertz CT molecular complexity index is 753. The Kier molecular flexibility index (Phi) is 4.01. The zero-order valence-corrected chi connectivity index (χ0v) is 12.5. The molecule has 3 rings (SSSR count). The monoisotopic (exact) mass is 292 g/mol. The molecule has 0 fully saturated rings. The van der Waals surface area contributed by atoms with Crippen LogP contribution in [0.25, 0.3) is 11.1 Å². The van der Waals surface area contributed by atoms with E-state index in [4.69, 9.17) is 9.47 Å². The van der Waals surface area contributed by atoms with Gasteiger partial charge in [0.25, 0.3) is 0 Å². The van der Waals surface area contributed by atoms with Crippen molar-refractivity contribution in [3.05, 3.63) is 66.5 Å². The lowest BCUT2D eigenvalue weighted by Crippen LogP contribution is -1.92. The van der Waals surface area contributed by atoms with Crippen LogP contribution in [0.5, 0.6) is 17.5 Å². The second-order valence-electron chi connectivity index (χ2n) is 4.90. The van der Waals surface area contributed by atoms with Gasteiger partial charge in [-0.15, -0.1) is 0 Å². The van der Waals surface area contributed by atoms with Crippen LogP contribution in [0.15, 0.2) is 60.9 Å². The predicted octanol–water partition coefficient (Wildman–Crippen LogP) is 4.25. The van der Waals surface area contributed by atoms with Crippen molar-refractivity contribution < 1.29 is 9.47 Å². The van der Waals surface area contributed by atoms with Gasteiger partial charge in [-0.05, 0) is 42.3 Å². The van der Waals surface area contributed by atoms with Gasteiger partial charge < -0.3 is 9.47 Å². The molecule has 0 spiro atoms. The van der Waals surface area contributed by atoms with Crippen LogP contribution in [0.3, 0.4) is 0 Å². The van der Waals surface area contributed by atoms with Gasteiger partial charge in [0.1, 0.15) is 11.5 Å². The molecule has 3 aromatic rings. The van der Waals surface area contributed by atoms with E-state index in [1.165, 1.54) is 0 Å². The Balaban J connectivity index is 1.77. The summed E-state index contributed by atoms with van der Waals surface area (Å²) >= 11 is 0.